The van der Waals surface area contributed by atoms with E-state index in [-0.39, 0.29) is 5.03 Å². The summed E-state index contributed by atoms with van der Waals surface area (Å²) in [6, 6.07) is 3.74. The minimum Gasteiger partial charge on any atom is -0.310 e. The quantitative estimate of drug-likeness (QED) is 0.773. The lowest BCUT2D eigenvalue weighted by atomic mass is 9.98. The fraction of sp³-hybridized carbons (Fsp3) is 0.667. The van der Waals surface area contributed by atoms with Crippen molar-refractivity contribution in [1.29, 1.82) is 0 Å². The summed E-state index contributed by atoms with van der Waals surface area (Å²) in [5.41, 5.74) is 0.537. The van der Waals surface area contributed by atoms with Crippen LogP contribution >= 0.6 is 0 Å². The number of hydrogen-bond acceptors (Lipinski definition) is 4. The molecule has 0 aliphatic heterocycles. The second kappa shape index (κ2) is 7.33. The second-order valence-corrected chi connectivity index (χ2v) is 7.54. The van der Waals surface area contributed by atoms with Crippen LogP contribution in [0.25, 0.3) is 0 Å². The maximum absolute atomic E-state index is 12.4. The highest BCUT2D eigenvalue weighted by Gasteiger charge is 2.28. The molecule has 6 heteroatoms. The smallest absolute Gasteiger partial charge is 0.258 e. The number of rotatable bonds is 8. The Bertz CT molecular complexity index is 535. The van der Waals surface area contributed by atoms with E-state index in [1.807, 2.05) is 20.8 Å². The van der Waals surface area contributed by atoms with Crippen molar-refractivity contribution < 1.29 is 8.42 Å². The Labute approximate surface area is 128 Å². The van der Waals surface area contributed by atoms with Crippen LogP contribution in [0.2, 0.25) is 0 Å². The van der Waals surface area contributed by atoms with Crippen LogP contribution in [-0.2, 0) is 16.6 Å². The molecule has 1 rings (SSSR count). The second-order valence-electron chi connectivity index (χ2n) is 5.91. The Hall–Kier alpha value is -0.980. The van der Waals surface area contributed by atoms with Crippen molar-refractivity contribution in [3.8, 4) is 0 Å². The lowest BCUT2D eigenvalue weighted by molar-refractivity contribution is 0.388. The third kappa shape index (κ3) is 5.37. The Morgan fingerprint density at radius 1 is 1.24 bits per heavy atom. The van der Waals surface area contributed by atoms with Gasteiger partial charge in [-0.25, -0.2) is 18.1 Å². The van der Waals surface area contributed by atoms with Crippen LogP contribution < -0.4 is 10.0 Å². The van der Waals surface area contributed by atoms with Gasteiger partial charge in [0.05, 0.1) is 0 Å². The lowest BCUT2D eigenvalue weighted by Crippen LogP contribution is -2.45. The van der Waals surface area contributed by atoms with Crippen LogP contribution in [0, 0.1) is 0 Å². The Balaban J connectivity index is 2.85. The molecule has 21 heavy (non-hydrogen) atoms. The van der Waals surface area contributed by atoms with Gasteiger partial charge in [-0.2, -0.15) is 0 Å². The third-order valence-electron chi connectivity index (χ3n) is 3.73. The molecule has 0 aliphatic rings. The fourth-order valence-corrected chi connectivity index (χ4v) is 3.25. The predicted molar refractivity (Wildman–Crippen MR) is 85.5 cm³/mol. The molecule has 0 aromatic carbocycles. The van der Waals surface area contributed by atoms with Crippen molar-refractivity contribution in [2.75, 3.05) is 0 Å². The number of aromatic nitrogens is 1. The summed E-state index contributed by atoms with van der Waals surface area (Å²) in [6.07, 6.45) is 3.08. The highest BCUT2D eigenvalue weighted by atomic mass is 32.2. The van der Waals surface area contributed by atoms with Gasteiger partial charge in [0, 0.05) is 24.3 Å². The molecule has 0 saturated carbocycles. The van der Waals surface area contributed by atoms with Crippen molar-refractivity contribution in [3.63, 3.8) is 0 Å². The van der Waals surface area contributed by atoms with E-state index >= 15 is 0 Å². The lowest BCUT2D eigenvalue weighted by Gasteiger charge is -2.27. The van der Waals surface area contributed by atoms with Gasteiger partial charge in [0.25, 0.3) is 10.0 Å². The van der Waals surface area contributed by atoms with Crippen LogP contribution in [-0.4, -0.2) is 25.0 Å². The molecule has 0 radical (unpaired) electrons. The van der Waals surface area contributed by atoms with Crippen molar-refractivity contribution in [1.82, 2.24) is 15.0 Å². The molecule has 0 aliphatic carbocycles. The van der Waals surface area contributed by atoms with E-state index in [4.69, 9.17) is 0 Å². The molecule has 1 aromatic heterocycles. The van der Waals surface area contributed by atoms with Gasteiger partial charge in [-0.05, 0) is 31.4 Å². The molecule has 0 bridgehead atoms. The number of nitrogens with zero attached hydrogens (tertiary/aromatic N) is 1. The first-order valence-corrected chi connectivity index (χ1v) is 8.93. The van der Waals surface area contributed by atoms with Gasteiger partial charge in [-0.15, -0.1) is 0 Å². The molecule has 0 unspecified atom stereocenters. The summed E-state index contributed by atoms with van der Waals surface area (Å²) in [6.45, 7) is 10.7. The SMILES string of the molecule is CCC(C)(CC)NS(=O)(=O)c1ccc(CNC(C)C)cn1. The molecule has 0 atom stereocenters. The number of sulfonamides is 1. The zero-order chi connectivity index (χ0) is 16.1. The minimum absolute atomic E-state index is 0.0731. The normalized spacial score (nSPS) is 12.9. The molecule has 0 spiro atoms. The summed E-state index contributed by atoms with van der Waals surface area (Å²) in [4.78, 5) is 4.09. The summed E-state index contributed by atoms with van der Waals surface area (Å²) in [5.74, 6) is 0. The van der Waals surface area contributed by atoms with Crippen molar-refractivity contribution >= 4 is 10.0 Å². The van der Waals surface area contributed by atoms with Crippen LogP contribution in [0.4, 0.5) is 0 Å². The average molecular weight is 313 g/mol. The summed E-state index contributed by atoms with van der Waals surface area (Å²) < 4.78 is 27.5. The molecule has 0 amide bonds. The minimum atomic E-state index is -3.57. The van der Waals surface area contributed by atoms with Crippen LogP contribution in [0.3, 0.4) is 0 Å². The van der Waals surface area contributed by atoms with Gasteiger partial charge in [0.1, 0.15) is 0 Å². The maximum atomic E-state index is 12.4. The zero-order valence-electron chi connectivity index (χ0n) is 13.6. The van der Waals surface area contributed by atoms with E-state index in [1.54, 1.807) is 18.3 Å². The van der Waals surface area contributed by atoms with Crippen molar-refractivity contribution in [2.45, 2.75) is 70.6 Å². The van der Waals surface area contributed by atoms with Gasteiger partial charge in [-0.1, -0.05) is 33.8 Å². The standard InChI is InChI=1S/C15H27N3O2S/c1-6-15(5,7-2)18-21(19,20)14-9-8-13(11-17-14)10-16-12(3)4/h8-9,11-12,16,18H,6-7,10H2,1-5H3. The first-order chi connectivity index (χ1) is 9.72. The molecule has 0 fully saturated rings. The molecule has 1 heterocycles. The van der Waals surface area contributed by atoms with Gasteiger partial charge in [0.15, 0.2) is 5.03 Å². The van der Waals surface area contributed by atoms with E-state index in [0.29, 0.717) is 12.6 Å². The number of hydrogen-bond donors (Lipinski definition) is 2. The predicted octanol–water partition coefficient (Wildman–Crippen LogP) is 2.44. The average Bonchev–Trinajstić information content (AvgIpc) is 2.45. The monoisotopic (exact) mass is 313 g/mol. The van der Waals surface area contributed by atoms with Gasteiger partial charge in [-0.3, -0.25) is 0 Å². The molecule has 5 nitrogen and oxygen atoms in total. The van der Waals surface area contributed by atoms with Crippen molar-refractivity contribution in [3.05, 3.63) is 23.9 Å². The van der Waals surface area contributed by atoms with Gasteiger partial charge < -0.3 is 5.32 Å². The largest absolute Gasteiger partial charge is 0.310 e. The Kier molecular flexibility index (Phi) is 6.31. The van der Waals surface area contributed by atoms with Crippen molar-refractivity contribution in [2.24, 2.45) is 0 Å². The Morgan fingerprint density at radius 3 is 2.29 bits per heavy atom. The zero-order valence-corrected chi connectivity index (χ0v) is 14.4. The topological polar surface area (TPSA) is 71.1 Å². The molecule has 2 N–H and O–H groups in total. The summed E-state index contributed by atoms with van der Waals surface area (Å²) >= 11 is 0. The van der Waals surface area contributed by atoms with Gasteiger partial charge >= 0.3 is 0 Å². The molecule has 120 valence electrons. The highest BCUT2D eigenvalue weighted by molar-refractivity contribution is 7.89. The first-order valence-electron chi connectivity index (χ1n) is 7.44. The molecule has 1 aromatic rings. The van der Waals surface area contributed by atoms with Crippen LogP contribution in [0.5, 0.6) is 0 Å². The number of nitrogens with one attached hydrogen (secondary N) is 2. The van der Waals surface area contributed by atoms with E-state index in [1.165, 1.54) is 0 Å². The molecule has 0 saturated heterocycles. The summed E-state index contributed by atoms with van der Waals surface area (Å²) in [7, 11) is -3.57. The molecular weight excluding hydrogens is 286 g/mol. The fourth-order valence-electron chi connectivity index (χ4n) is 1.77. The van der Waals surface area contributed by atoms with E-state index in [2.05, 4.69) is 28.9 Å². The van der Waals surface area contributed by atoms with Gasteiger partial charge in [0.2, 0.25) is 0 Å². The van der Waals surface area contributed by atoms with E-state index in [9.17, 15) is 8.42 Å². The van der Waals surface area contributed by atoms with Crippen LogP contribution in [0.15, 0.2) is 23.4 Å². The number of pyridine rings is 1. The maximum Gasteiger partial charge on any atom is 0.258 e. The van der Waals surface area contributed by atoms with E-state index < -0.39 is 15.6 Å². The Morgan fingerprint density at radius 2 is 1.86 bits per heavy atom. The summed E-state index contributed by atoms with van der Waals surface area (Å²) in [5, 5.41) is 3.34. The molecular formula is C15H27N3O2S. The third-order valence-corrected chi connectivity index (χ3v) is 5.28. The van der Waals surface area contributed by atoms with E-state index in [0.717, 1.165) is 18.4 Å². The first kappa shape index (κ1) is 18.1. The van der Waals surface area contributed by atoms with Crippen LogP contribution in [0.1, 0.15) is 53.0 Å². The highest BCUT2D eigenvalue weighted by Crippen LogP contribution is 2.18.